The molecule has 0 unspecified atom stereocenters. The molecule has 0 radical (unpaired) electrons. The molecule has 1 fully saturated rings. The first-order valence-electron chi connectivity index (χ1n) is 7.61. The molecule has 1 N–H and O–H groups in total. The Morgan fingerprint density at radius 2 is 1.82 bits per heavy atom. The first-order valence-corrected chi connectivity index (χ1v) is 7.99. The van der Waals surface area contributed by atoms with Gasteiger partial charge < -0.3 is 14.6 Å². The van der Waals surface area contributed by atoms with E-state index in [9.17, 15) is 4.79 Å². The van der Waals surface area contributed by atoms with Crippen LogP contribution in [-0.2, 0) is 9.31 Å². The lowest BCUT2D eigenvalue weighted by atomic mass is 9.78. The van der Waals surface area contributed by atoms with Gasteiger partial charge in [0.2, 0.25) is 0 Å². The standard InChI is InChI=1S/C16H23BClNO3/c1-6-9-19-14(20)12-10-11(7-8-13(12)18)17-21-15(2,3)16(4,5)22-17/h7-8,10H,6,9H2,1-5H3,(H,19,20). The molecule has 22 heavy (non-hydrogen) atoms. The van der Waals surface area contributed by atoms with E-state index in [0.717, 1.165) is 11.9 Å². The van der Waals surface area contributed by atoms with Crippen LogP contribution in [0.1, 0.15) is 51.4 Å². The SMILES string of the molecule is CCCNC(=O)c1cc(B2OC(C)(C)C(C)(C)O2)ccc1Cl. The summed E-state index contributed by atoms with van der Waals surface area (Å²) in [5, 5.41) is 3.26. The normalized spacial score (nSPS) is 19.3. The fourth-order valence-corrected chi connectivity index (χ4v) is 2.38. The van der Waals surface area contributed by atoms with Crippen LogP contribution in [0, 0.1) is 0 Å². The zero-order chi connectivity index (χ0) is 16.5. The van der Waals surface area contributed by atoms with Crippen LogP contribution >= 0.6 is 11.6 Å². The van der Waals surface area contributed by atoms with Crippen molar-refractivity contribution in [2.24, 2.45) is 0 Å². The number of amides is 1. The van der Waals surface area contributed by atoms with E-state index in [1.807, 2.05) is 40.7 Å². The molecule has 0 atom stereocenters. The maximum Gasteiger partial charge on any atom is 0.494 e. The number of carbonyl (C=O) groups is 1. The Balaban J connectivity index is 2.25. The van der Waals surface area contributed by atoms with E-state index in [1.54, 1.807) is 12.1 Å². The zero-order valence-corrected chi connectivity index (χ0v) is 14.6. The maximum absolute atomic E-state index is 12.2. The van der Waals surface area contributed by atoms with E-state index in [1.165, 1.54) is 0 Å². The molecule has 1 amide bonds. The molecule has 1 heterocycles. The van der Waals surface area contributed by atoms with Gasteiger partial charge in [0, 0.05) is 6.54 Å². The summed E-state index contributed by atoms with van der Waals surface area (Å²) < 4.78 is 12.0. The lowest BCUT2D eigenvalue weighted by Crippen LogP contribution is -2.41. The van der Waals surface area contributed by atoms with Crippen molar-refractivity contribution < 1.29 is 14.1 Å². The zero-order valence-electron chi connectivity index (χ0n) is 13.8. The summed E-state index contributed by atoms with van der Waals surface area (Å²) in [5.74, 6) is -0.176. The van der Waals surface area contributed by atoms with Crippen molar-refractivity contribution in [1.82, 2.24) is 5.32 Å². The molecule has 120 valence electrons. The highest BCUT2D eigenvalue weighted by atomic mass is 35.5. The minimum atomic E-state index is -0.500. The second-order valence-electron chi connectivity index (χ2n) is 6.58. The van der Waals surface area contributed by atoms with Crippen LogP contribution in [0.2, 0.25) is 5.02 Å². The van der Waals surface area contributed by atoms with Gasteiger partial charge in [0.25, 0.3) is 5.91 Å². The molecule has 1 aromatic carbocycles. The largest absolute Gasteiger partial charge is 0.494 e. The van der Waals surface area contributed by atoms with Gasteiger partial charge in [-0.15, -0.1) is 0 Å². The van der Waals surface area contributed by atoms with Crippen LogP contribution in [0.25, 0.3) is 0 Å². The van der Waals surface area contributed by atoms with Crippen molar-refractivity contribution in [1.29, 1.82) is 0 Å². The van der Waals surface area contributed by atoms with Crippen LogP contribution in [0.4, 0.5) is 0 Å². The average Bonchev–Trinajstić information content (AvgIpc) is 2.65. The summed E-state index contributed by atoms with van der Waals surface area (Å²) in [6, 6.07) is 5.29. The quantitative estimate of drug-likeness (QED) is 0.867. The molecule has 2 rings (SSSR count). The highest BCUT2D eigenvalue weighted by Crippen LogP contribution is 2.36. The molecule has 1 aliphatic heterocycles. The first-order chi connectivity index (χ1) is 10.2. The molecule has 4 nitrogen and oxygen atoms in total. The minimum Gasteiger partial charge on any atom is -0.399 e. The fraction of sp³-hybridized carbons (Fsp3) is 0.562. The Labute approximate surface area is 137 Å². The highest BCUT2D eigenvalue weighted by Gasteiger charge is 2.51. The Hall–Kier alpha value is -1.04. The Kier molecular flexibility index (Phi) is 4.90. The third-order valence-electron chi connectivity index (χ3n) is 4.30. The summed E-state index contributed by atoms with van der Waals surface area (Å²) >= 11 is 6.15. The number of hydrogen-bond donors (Lipinski definition) is 1. The number of halogens is 1. The number of rotatable bonds is 4. The van der Waals surface area contributed by atoms with E-state index in [2.05, 4.69) is 5.32 Å². The lowest BCUT2D eigenvalue weighted by molar-refractivity contribution is 0.00578. The molecule has 1 saturated heterocycles. The second-order valence-corrected chi connectivity index (χ2v) is 6.99. The smallest absolute Gasteiger partial charge is 0.399 e. The molecule has 6 heteroatoms. The molecule has 0 bridgehead atoms. The van der Waals surface area contributed by atoms with Gasteiger partial charge in [-0.1, -0.05) is 24.6 Å². The van der Waals surface area contributed by atoms with Gasteiger partial charge in [0.05, 0.1) is 21.8 Å². The van der Waals surface area contributed by atoms with Crippen LogP contribution in [0.15, 0.2) is 18.2 Å². The molecule has 0 aliphatic carbocycles. The van der Waals surface area contributed by atoms with Crippen molar-refractivity contribution in [2.75, 3.05) is 6.54 Å². The van der Waals surface area contributed by atoms with Crippen molar-refractivity contribution in [3.63, 3.8) is 0 Å². The molecule has 1 aliphatic rings. The van der Waals surface area contributed by atoms with Gasteiger partial charge in [-0.2, -0.15) is 0 Å². The lowest BCUT2D eigenvalue weighted by Gasteiger charge is -2.32. The molecule has 0 aromatic heterocycles. The van der Waals surface area contributed by atoms with E-state index in [4.69, 9.17) is 20.9 Å². The predicted molar refractivity (Wildman–Crippen MR) is 89.8 cm³/mol. The molecule has 0 spiro atoms. The molecular weight excluding hydrogens is 300 g/mol. The highest BCUT2D eigenvalue weighted by molar-refractivity contribution is 6.62. The monoisotopic (exact) mass is 323 g/mol. The Morgan fingerprint density at radius 1 is 1.23 bits per heavy atom. The summed E-state index contributed by atoms with van der Waals surface area (Å²) in [6.07, 6.45) is 0.875. The Morgan fingerprint density at radius 3 is 2.36 bits per heavy atom. The van der Waals surface area contributed by atoms with Gasteiger partial charge >= 0.3 is 7.12 Å². The third kappa shape index (κ3) is 3.32. The van der Waals surface area contributed by atoms with Crippen LogP contribution in [0.5, 0.6) is 0 Å². The third-order valence-corrected chi connectivity index (χ3v) is 4.63. The van der Waals surface area contributed by atoms with Crippen molar-refractivity contribution in [3.8, 4) is 0 Å². The minimum absolute atomic E-state index is 0.176. The molecular formula is C16H23BClNO3. The summed E-state index contributed by atoms with van der Waals surface area (Å²) in [7, 11) is -0.500. The maximum atomic E-state index is 12.2. The Bertz CT molecular complexity index is 559. The summed E-state index contributed by atoms with van der Waals surface area (Å²) in [5.41, 5.74) is 0.413. The van der Waals surface area contributed by atoms with E-state index < -0.39 is 18.3 Å². The van der Waals surface area contributed by atoms with Crippen molar-refractivity contribution in [3.05, 3.63) is 28.8 Å². The van der Waals surface area contributed by atoms with Crippen molar-refractivity contribution in [2.45, 2.75) is 52.2 Å². The summed E-state index contributed by atoms with van der Waals surface area (Å²) in [4.78, 5) is 12.2. The van der Waals surface area contributed by atoms with Gasteiger partial charge in [0.1, 0.15) is 0 Å². The van der Waals surface area contributed by atoms with Crippen LogP contribution < -0.4 is 10.8 Å². The van der Waals surface area contributed by atoms with E-state index in [0.29, 0.717) is 17.1 Å². The topological polar surface area (TPSA) is 47.6 Å². The van der Waals surface area contributed by atoms with Gasteiger partial charge in [0.15, 0.2) is 0 Å². The first kappa shape index (κ1) is 17.3. The van der Waals surface area contributed by atoms with Gasteiger partial charge in [-0.3, -0.25) is 4.79 Å². The number of nitrogens with one attached hydrogen (secondary N) is 1. The molecule has 0 saturated carbocycles. The van der Waals surface area contributed by atoms with Crippen molar-refractivity contribution >= 4 is 30.1 Å². The number of benzene rings is 1. The second kappa shape index (κ2) is 6.22. The average molecular weight is 324 g/mol. The number of hydrogen-bond acceptors (Lipinski definition) is 3. The van der Waals surface area contributed by atoms with Gasteiger partial charge in [-0.05, 0) is 51.7 Å². The van der Waals surface area contributed by atoms with E-state index >= 15 is 0 Å². The predicted octanol–water partition coefficient (Wildman–Crippen LogP) is 2.78. The summed E-state index contributed by atoms with van der Waals surface area (Å²) in [6.45, 7) is 10.6. The van der Waals surface area contributed by atoms with Gasteiger partial charge in [-0.25, -0.2) is 0 Å². The van der Waals surface area contributed by atoms with Crippen LogP contribution in [0.3, 0.4) is 0 Å². The molecule has 1 aromatic rings. The van der Waals surface area contributed by atoms with E-state index in [-0.39, 0.29) is 5.91 Å². The fourth-order valence-electron chi connectivity index (χ4n) is 2.18. The number of carbonyl (C=O) groups excluding carboxylic acids is 1. The van der Waals surface area contributed by atoms with Crippen LogP contribution in [-0.4, -0.2) is 30.8 Å².